The second-order valence-electron chi connectivity index (χ2n) is 11.5. The molecule has 4 saturated carbocycles. The topological polar surface area (TPSA) is 35.5 Å². The summed E-state index contributed by atoms with van der Waals surface area (Å²) in [7, 11) is -0.232. The van der Waals surface area contributed by atoms with Crippen LogP contribution in [0.3, 0.4) is 0 Å². The van der Waals surface area contributed by atoms with Gasteiger partial charge in [0, 0.05) is 6.42 Å². The number of rotatable bonds is 8. The molecule has 4 aliphatic rings. The summed E-state index contributed by atoms with van der Waals surface area (Å²) in [6.07, 6.45) is 5.70. The molecule has 0 amide bonds. The number of esters is 1. The van der Waals surface area contributed by atoms with Crippen molar-refractivity contribution in [1.82, 2.24) is 0 Å². The first-order chi connectivity index (χ1) is 18.3. The molecule has 4 heteroatoms. The van der Waals surface area contributed by atoms with Crippen molar-refractivity contribution in [3.8, 4) is 5.75 Å². The lowest BCUT2D eigenvalue weighted by Crippen LogP contribution is -2.59. The van der Waals surface area contributed by atoms with Gasteiger partial charge in [0.05, 0.1) is 16.3 Å². The molecule has 3 aromatic carbocycles. The standard InChI is InChI=1S/C34H35O3S/c1-24(2)25(3)37-34-21-26-18-27(22-34)20-33(19-26,23-34)32(35)36-28-14-16-31(17-15-28)38(29-10-6-4-7-11-29)30-12-8-5-9-13-30/h4-17,26-27H,1,3,18-23H2,2H3/q+1. The highest BCUT2D eigenvalue weighted by atomic mass is 32.2. The fraction of sp³-hybridized carbons (Fsp3) is 0.324. The van der Waals surface area contributed by atoms with Crippen LogP contribution < -0.4 is 4.74 Å². The lowest BCUT2D eigenvalue weighted by atomic mass is 9.48. The maximum absolute atomic E-state index is 13.8. The van der Waals surface area contributed by atoms with Gasteiger partial charge >= 0.3 is 5.97 Å². The van der Waals surface area contributed by atoms with Crippen LogP contribution in [-0.2, 0) is 20.4 Å². The fourth-order valence-electron chi connectivity index (χ4n) is 7.27. The van der Waals surface area contributed by atoms with E-state index in [-0.39, 0.29) is 22.5 Å². The summed E-state index contributed by atoms with van der Waals surface area (Å²) in [6.45, 7) is 10.0. The van der Waals surface area contributed by atoms with Gasteiger partial charge in [0.25, 0.3) is 0 Å². The Morgan fingerprint density at radius 2 is 1.32 bits per heavy atom. The van der Waals surface area contributed by atoms with Crippen LogP contribution in [0.15, 0.2) is 124 Å². The smallest absolute Gasteiger partial charge is 0.317 e. The summed E-state index contributed by atoms with van der Waals surface area (Å²) in [5.41, 5.74) is 0.0570. The van der Waals surface area contributed by atoms with Crippen LogP contribution >= 0.6 is 0 Å². The molecular formula is C34H35O3S+. The third-order valence-electron chi connectivity index (χ3n) is 8.48. The van der Waals surface area contributed by atoms with Crippen molar-refractivity contribution in [2.24, 2.45) is 17.3 Å². The molecule has 0 aromatic heterocycles. The van der Waals surface area contributed by atoms with Gasteiger partial charge in [0.2, 0.25) is 0 Å². The molecule has 194 valence electrons. The van der Waals surface area contributed by atoms with Crippen LogP contribution in [0.25, 0.3) is 0 Å². The summed E-state index contributed by atoms with van der Waals surface area (Å²) < 4.78 is 12.6. The van der Waals surface area contributed by atoms with Gasteiger partial charge < -0.3 is 9.47 Å². The van der Waals surface area contributed by atoms with Crippen LogP contribution in [0.1, 0.15) is 45.4 Å². The highest BCUT2D eigenvalue weighted by molar-refractivity contribution is 7.97. The summed E-state index contributed by atoms with van der Waals surface area (Å²) >= 11 is 0. The van der Waals surface area contributed by atoms with Crippen molar-refractivity contribution in [2.45, 2.75) is 65.7 Å². The zero-order valence-electron chi connectivity index (χ0n) is 22.0. The lowest BCUT2D eigenvalue weighted by Gasteiger charge is -2.60. The van der Waals surface area contributed by atoms with Gasteiger partial charge in [0.15, 0.2) is 14.7 Å². The lowest BCUT2D eigenvalue weighted by molar-refractivity contribution is -0.193. The Morgan fingerprint density at radius 1 is 0.789 bits per heavy atom. The number of ether oxygens (including phenoxy) is 2. The predicted octanol–water partition coefficient (Wildman–Crippen LogP) is 8.13. The number of carbonyl (C=O) groups excluding carboxylic acids is 1. The first-order valence-electron chi connectivity index (χ1n) is 13.6. The van der Waals surface area contributed by atoms with E-state index in [4.69, 9.17) is 9.47 Å². The molecule has 0 spiro atoms. The third-order valence-corrected chi connectivity index (χ3v) is 10.7. The first kappa shape index (κ1) is 25.1. The predicted molar refractivity (Wildman–Crippen MR) is 152 cm³/mol. The van der Waals surface area contributed by atoms with Gasteiger partial charge in [0.1, 0.15) is 17.1 Å². The minimum atomic E-state index is -0.476. The number of allylic oxidation sites excluding steroid dienone is 1. The Morgan fingerprint density at radius 3 is 1.84 bits per heavy atom. The minimum Gasteiger partial charge on any atom is -0.488 e. The molecule has 3 nitrogen and oxygen atoms in total. The molecule has 38 heavy (non-hydrogen) atoms. The van der Waals surface area contributed by atoms with E-state index in [1.807, 2.05) is 31.2 Å². The second kappa shape index (κ2) is 9.81. The van der Waals surface area contributed by atoms with Crippen molar-refractivity contribution < 1.29 is 14.3 Å². The Bertz CT molecular complexity index is 1290. The molecule has 4 bridgehead atoms. The molecule has 0 heterocycles. The third kappa shape index (κ3) is 4.71. The van der Waals surface area contributed by atoms with Crippen LogP contribution in [0.4, 0.5) is 0 Å². The van der Waals surface area contributed by atoms with Crippen LogP contribution in [0.2, 0.25) is 0 Å². The van der Waals surface area contributed by atoms with E-state index in [1.165, 1.54) is 21.1 Å². The SMILES string of the molecule is C=C(C)C(=C)OC12CC3CC(C1)CC(C(=O)Oc1ccc([S+](c4ccccc4)c4ccccc4)cc1)(C3)C2. The van der Waals surface area contributed by atoms with E-state index < -0.39 is 5.41 Å². The second-order valence-corrected chi connectivity index (χ2v) is 13.5. The normalized spacial score (nSPS) is 27.2. The first-order valence-corrected chi connectivity index (χ1v) is 14.8. The Labute approximate surface area is 228 Å². The summed E-state index contributed by atoms with van der Waals surface area (Å²) in [5.74, 6) is 2.17. The average molecular weight is 524 g/mol. The van der Waals surface area contributed by atoms with Gasteiger partial charge in [-0.15, -0.1) is 0 Å². The number of hydrogen-bond acceptors (Lipinski definition) is 3. The van der Waals surface area contributed by atoms with E-state index >= 15 is 0 Å². The quantitative estimate of drug-likeness (QED) is 0.0983. The van der Waals surface area contributed by atoms with Crippen molar-refractivity contribution in [2.75, 3.05) is 0 Å². The highest BCUT2D eigenvalue weighted by Crippen LogP contribution is 2.63. The van der Waals surface area contributed by atoms with Crippen LogP contribution in [0, 0.1) is 17.3 Å². The average Bonchev–Trinajstić information content (AvgIpc) is 2.90. The Hall–Kier alpha value is -3.24. The molecule has 4 fully saturated rings. The maximum Gasteiger partial charge on any atom is 0.317 e. The van der Waals surface area contributed by atoms with E-state index in [1.54, 1.807) is 0 Å². The number of carbonyl (C=O) groups is 1. The zero-order valence-corrected chi connectivity index (χ0v) is 22.8. The van der Waals surface area contributed by atoms with Crippen LogP contribution in [0.5, 0.6) is 5.75 Å². The largest absolute Gasteiger partial charge is 0.488 e. The fourth-order valence-corrected chi connectivity index (χ4v) is 9.35. The molecule has 2 atom stereocenters. The Balaban J connectivity index is 1.23. The molecular weight excluding hydrogens is 488 g/mol. The van der Waals surface area contributed by atoms with Crippen molar-refractivity contribution in [1.29, 1.82) is 0 Å². The molecule has 7 rings (SSSR count). The molecule has 4 aliphatic carbocycles. The van der Waals surface area contributed by atoms with E-state index in [0.29, 0.717) is 29.8 Å². The van der Waals surface area contributed by atoms with E-state index in [2.05, 4.69) is 73.8 Å². The number of hydrogen-bond donors (Lipinski definition) is 0. The van der Waals surface area contributed by atoms with Crippen LogP contribution in [-0.4, -0.2) is 11.6 Å². The minimum absolute atomic E-state index is 0.0987. The van der Waals surface area contributed by atoms with Crippen molar-refractivity contribution in [3.63, 3.8) is 0 Å². The highest BCUT2D eigenvalue weighted by Gasteiger charge is 2.62. The molecule has 2 unspecified atom stereocenters. The van der Waals surface area contributed by atoms with Gasteiger partial charge in [-0.2, -0.15) is 0 Å². The Kier molecular flexibility index (Phi) is 6.47. The monoisotopic (exact) mass is 523 g/mol. The molecule has 0 saturated heterocycles. The van der Waals surface area contributed by atoms with Gasteiger partial charge in [-0.1, -0.05) is 49.6 Å². The maximum atomic E-state index is 13.8. The summed E-state index contributed by atoms with van der Waals surface area (Å²) in [4.78, 5) is 17.5. The summed E-state index contributed by atoms with van der Waals surface area (Å²) in [6, 6.07) is 29.3. The van der Waals surface area contributed by atoms with E-state index in [0.717, 1.165) is 31.3 Å². The molecule has 0 aliphatic heterocycles. The number of benzene rings is 3. The molecule has 3 aromatic rings. The molecule has 0 N–H and O–H groups in total. The summed E-state index contributed by atoms with van der Waals surface area (Å²) in [5, 5.41) is 0. The van der Waals surface area contributed by atoms with Crippen molar-refractivity contribution >= 4 is 16.9 Å². The molecule has 0 radical (unpaired) electrons. The van der Waals surface area contributed by atoms with Gasteiger partial charge in [-0.05, 0) is 105 Å². The van der Waals surface area contributed by atoms with E-state index in [9.17, 15) is 4.79 Å². The van der Waals surface area contributed by atoms with Crippen molar-refractivity contribution in [3.05, 3.63) is 109 Å². The van der Waals surface area contributed by atoms with Gasteiger partial charge in [-0.25, -0.2) is 0 Å². The van der Waals surface area contributed by atoms with Gasteiger partial charge in [-0.3, -0.25) is 4.79 Å². The zero-order chi connectivity index (χ0) is 26.3.